The van der Waals surface area contributed by atoms with Crippen LogP contribution < -0.4 is 20.9 Å². The summed E-state index contributed by atoms with van der Waals surface area (Å²) in [6.45, 7) is 2.52. The zero-order valence-corrected chi connectivity index (χ0v) is 17.2. The van der Waals surface area contributed by atoms with Gasteiger partial charge in [0, 0.05) is 30.5 Å². The second-order valence-corrected chi connectivity index (χ2v) is 6.75. The molecule has 0 spiro atoms. The van der Waals surface area contributed by atoms with Gasteiger partial charge in [-0.1, -0.05) is 36.4 Å². The van der Waals surface area contributed by atoms with Gasteiger partial charge in [-0.25, -0.2) is 0 Å². The number of hydrogen-bond donors (Lipinski definition) is 3. The zero-order chi connectivity index (χ0) is 21.3. The Bertz CT molecular complexity index is 1000. The first kappa shape index (κ1) is 20.9. The van der Waals surface area contributed by atoms with Gasteiger partial charge in [0.15, 0.2) is 0 Å². The van der Waals surface area contributed by atoms with E-state index in [0.717, 1.165) is 17.1 Å². The molecule has 0 aliphatic carbocycles. The molecule has 2 amide bonds. The number of nitrogens with one attached hydrogen (secondary N) is 3. The largest absolute Gasteiger partial charge is 0.374 e. The Labute approximate surface area is 176 Å². The van der Waals surface area contributed by atoms with Crippen molar-refractivity contribution < 1.29 is 9.59 Å². The quantitative estimate of drug-likeness (QED) is 0.527. The van der Waals surface area contributed by atoms with Gasteiger partial charge >= 0.3 is 0 Å². The molecule has 30 heavy (non-hydrogen) atoms. The molecule has 0 aliphatic heterocycles. The van der Waals surface area contributed by atoms with E-state index in [4.69, 9.17) is 0 Å². The predicted molar refractivity (Wildman–Crippen MR) is 123 cm³/mol. The number of amides is 2. The number of para-hydroxylation sites is 3. The number of anilines is 4. The lowest BCUT2D eigenvalue weighted by molar-refractivity contribution is -0.114. The van der Waals surface area contributed by atoms with Crippen molar-refractivity contribution in [2.75, 3.05) is 35.7 Å². The molecule has 0 aliphatic rings. The van der Waals surface area contributed by atoms with Gasteiger partial charge in [-0.2, -0.15) is 0 Å². The average molecular weight is 402 g/mol. The Morgan fingerprint density at radius 2 is 1.63 bits per heavy atom. The van der Waals surface area contributed by atoms with Gasteiger partial charge < -0.3 is 20.9 Å². The van der Waals surface area contributed by atoms with Crippen molar-refractivity contribution in [3.63, 3.8) is 0 Å². The molecule has 0 aromatic heterocycles. The normalized spacial score (nSPS) is 10.2. The maximum Gasteiger partial charge on any atom is 0.251 e. The third-order valence-corrected chi connectivity index (χ3v) is 4.59. The maximum absolute atomic E-state index is 12.5. The highest BCUT2D eigenvalue weighted by Crippen LogP contribution is 2.30. The van der Waals surface area contributed by atoms with E-state index in [2.05, 4.69) is 20.9 Å². The second kappa shape index (κ2) is 10.1. The predicted octanol–water partition coefficient (Wildman–Crippen LogP) is 4.25. The number of benzene rings is 3. The monoisotopic (exact) mass is 402 g/mol. The van der Waals surface area contributed by atoms with Crippen LogP contribution in [-0.4, -0.2) is 32.0 Å². The lowest BCUT2D eigenvalue weighted by Gasteiger charge is -2.23. The van der Waals surface area contributed by atoms with Crippen molar-refractivity contribution in [1.29, 1.82) is 0 Å². The van der Waals surface area contributed by atoms with Gasteiger partial charge in [0.1, 0.15) is 0 Å². The third-order valence-electron chi connectivity index (χ3n) is 4.59. The van der Waals surface area contributed by atoms with Crippen LogP contribution in [-0.2, 0) is 4.79 Å². The third kappa shape index (κ3) is 5.38. The Morgan fingerprint density at radius 3 is 2.40 bits per heavy atom. The van der Waals surface area contributed by atoms with Gasteiger partial charge in [0.25, 0.3) is 5.91 Å². The summed E-state index contributed by atoms with van der Waals surface area (Å²) in [5.74, 6) is -0.357. The van der Waals surface area contributed by atoms with E-state index in [-0.39, 0.29) is 18.4 Å². The summed E-state index contributed by atoms with van der Waals surface area (Å²) in [5.41, 5.74) is 3.97. The van der Waals surface area contributed by atoms with Gasteiger partial charge in [-0.3, -0.25) is 9.59 Å². The molecule has 3 aromatic rings. The summed E-state index contributed by atoms with van der Waals surface area (Å²) in [4.78, 5) is 26.5. The van der Waals surface area contributed by atoms with Gasteiger partial charge in [-0.05, 0) is 49.4 Å². The molecule has 6 nitrogen and oxygen atoms in total. The van der Waals surface area contributed by atoms with E-state index in [1.165, 1.54) is 0 Å². The van der Waals surface area contributed by atoms with Crippen LogP contribution in [0.5, 0.6) is 0 Å². The lowest BCUT2D eigenvalue weighted by atomic mass is 10.2. The maximum atomic E-state index is 12.5. The average Bonchev–Trinajstić information content (AvgIpc) is 2.78. The van der Waals surface area contributed by atoms with Crippen LogP contribution in [0.4, 0.5) is 22.7 Å². The molecule has 3 aromatic carbocycles. The highest BCUT2D eigenvalue weighted by molar-refractivity contribution is 5.98. The van der Waals surface area contributed by atoms with Crippen molar-refractivity contribution in [3.05, 3.63) is 84.4 Å². The first-order valence-electron chi connectivity index (χ1n) is 9.88. The summed E-state index contributed by atoms with van der Waals surface area (Å²) in [5, 5.41) is 8.79. The molecule has 0 unspecified atom stereocenters. The fourth-order valence-corrected chi connectivity index (χ4v) is 3.09. The van der Waals surface area contributed by atoms with E-state index in [9.17, 15) is 9.59 Å². The minimum Gasteiger partial charge on any atom is -0.374 e. The minimum atomic E-state index is -0.194. The summed E-state index contributed by atoms with van der Waals surface area (Å²) in [7, 11) is 1.99. The molecule has 3 rings (SSSR count). The van der Waals surface area contributed by atoms with Crippen molar-refractivity contribution in [1.82, 2.24) is 5.32 Å². The first-order chi connectivity index (χ1) is 14.6. The number of carbonyl (C=O) groups excluding carboxylic acids is 2. The fraction of sp³-hybridized carbons (Fsp3) is 0.167. The van der Waals surface area contributed by atoms with Crippen LogP contribution in [0, 0.1) is 0 Å². The van der Waals surface area contributed by atoms with E-state index in [1.807, 2.05) is 68.6 Å². The summed E-state index contributed by atoms with van der Waals surface area (Å²) in [6, 6.07) is 24.8. The van der Waals surface area contributed by atoms with Crippen LogP contribution in [0.3, 0.4) is 0 Å². The fourth-order valence-electron chi connectivity index (χ4n) is 3.09. The Balaban J connectivity index is 1.65. The summed E-state index contributed by atoms with van der Waals surface area (Å²) < 4.78 is 0. The Kier molecular flexibility index (Phi) is 7.05. The molecule has 0 fully saturated rings. The van der Waals surface area contributed by atoms with Gasteiger partial charge in [0.05, 0.1) is 17.9 Å². The summed E-state index contributed by atoms with van der Waals surface area (Å²) in [6.07, 6.45) is 0. The zero-order valence-electron chi connectivity index (χ0n) is 17.2. The first-order valence-corrected chi connectivity index (χ1v) is 9.88. The molecule has 6 heteroatoms. The van der Waals surface area contributed by atoms with Gasteiger partial charge in [0.2, 0.25) is 5.91 Å². The number of carbonyl (C=O) groups is 2. The molecule has 0 saturated heterocycles. The van der Waals surface area contributed by atoms with Crippen LogP contribution in [0.25, 0.3) is 0 Å². The molecule has 0 heterocycles. The van der Waals surface area contributed by atoms with Crippen molar-refractivity contribution in [2.45, 2.75) is 6.92 Å². The molecular weight excluding hydrogens is 376 g/mol. The van der Waals surface area contributed by atoms with Crippen LogP contribution in [0.2, 0.25) is 0 Å². The standard InChI is InChI=1S/C24H26N4O2/c1-3-25-24(30)18-10-9-11-19(16-18)27-23(29)17-26-21-14-7-8-15-22(21)28(2)20-12-5-4-6-13-20/h4-16,26H,3,17H2,1-2H3,(H,25,30)(H,27,29). The molecule has 3 N–H and O–H groups in total. The van der Waals surface area contributed by atoms with E-state index < -0.39 is 0 Å². The topological polar surface area (TPSA) is 73.5 Å². The van der Waals surface area contributed by atoms with Crippen molar-refractivity contribution >= 4 is 34.6 Å². The highest BCUT2D eigenvalue weighted by Gasteiger charge is 2.11. The molecule has 0 bridgehead atoms. The van der Waals surface area contributed by atoms with Crippen molar-refractivity contribution in [2.24, 2.45) is 0 Å². The van der Waals surface area contributed by atoms with Crippen LogP contribution in [0.1, 0.15) is 17.3 Å². The van der Waals surface area contributed by atoms with Crippen molar-refractivity contribution in [3.8, 4) is 0 Å². The Morgan fingerprint density at radius 1 is 0.900 bits per heavy atom. The molecule has 154 valence electrons. The molecule has 0 radical (unpaired) electrons. The number of rotatable bonds is 8. The minimum absolute atomic E-state index is 0.102. The summed E-state index contributed by atoms with van der Waals surface area (Å²) >= 11 is 0. The molecule has 0 saturated carbocycles. The molecule has 0 atom stereocenters. The number of hydrogen-bond acceptors (Lipinski definition) is 4. The second-order valence-electron chi connectivity index (χ2n) is 6.75. The lowest BCUT2D eigenvalue weighted by Crippen LogP contribution is -2.24. The van der Waals surface area contributed by atoms with Crippen LogP contribution >= 0.6 is 0 Å². The van der Waals surface area contributed by atoms with Gasteiger partial charge in [-0.15, -0.1) is 0 Å². The SMILES string of the molecule is CCNC(=O)c1cccc(NC(=O)CNc2ccccc2N(C)c2ccccc2)c1. The number of nitrogens with zero attached hydrogens (tertiary/aromatic N) is 1. The van der Waals surface area contributed by atoms with E-state index in [1.54, 1.807) is 24.3 Å². The van der Waals surface area contributed by atoms with E-state index >= 15 is 0 Å². The Hall–Kier alpha value is -3.80. The smallest absolute Gasteiger partial charge is 0.251 e. The van der Waals surface area contributed by atoms with E-state index in [0.29, 0.717) is 17.8 Å². The molecular formula is C24H26N4O2. The van der Waals surface area contributed by atoms with Crippen LogP contribution in [0.15, 0.2) is 78.9 Å². The highest BCUT2D eigenvalue weighted by atomic mass is 16.2.